The molecule has 1 nitrogen and oxygen atoms in total. The second kappa shape index (κ2) is 5.37. The lowest BCUT2D eigenvalue weighted by Gasteiger charge is -2.21. The Morgan fingerprint density at radius 3 is 2.31 bits per heavy atom. The van der Waals surface area contributed by atoms with Gasteiger partial charge in [0.2, 0.25) is 0 Å². The zero-order valence-corrected chi connectivity index (χ0v) is 9.15. The van der Waals surface area contributed by atoms with Crippen LogP contribution in [0.5, 0.6) is 0 Å². The quantitative estimate of drug-likeness (QED) is 0.802. The molecule has 1 rings (SSSR count). The van der Waals surface area contributed by atoms with Crippen molar-refractivity contribution >= 4 is 11.6 Å². The summed E-state index contributed by atoms with van der Waals surface area (Å²) >= 11 is 5.62. The van der Waals surface area contributed by atoms with E-state index >= 15 is 0 Å². The minimum absolute atomic E-state index is 0.0901. The first-order chi connectivity index (χ1) is 7.45. The Balaban J connectivity index is 2.92. The second-order valence-corrected chi connectivity index (χ2v) is 3.66. The fourth-order valence-corrected chi connectivity index (χ4v) is 1.40. The van der Waals surface area contributed by atoms with Crippen LogP contribution < -0.4 is 5.32 Å². The third-order valence-electron chi connectivity index (χ3n) is 2.00. The van der Waals surface area contributed by atoms with Gasteiger partial charge in [-0.15, -0.1) is 6.58 Å². The highest BCUT2D eigenvalue weighted by atomic mass is 35.5. The fraction of sp³-hybridized carbons (Fsp3) is 0.273. The Labute approximate surface area is 96.9 Å². The number of hydrogen-bond acceptors (Lipinski definition) is 1. The van der Waals surface area contributed by atoms with Gasteiger partial charge in [0.25, 0.3) is 0 Å². The van der Waals surface area contributed by atoms with Crippen LogP contribution in [-0.2, 0) is 0 Å². The maximum atomic E-state index is 12.7. The van der Waals surface area contributed by atoms with E-state index in [1.54, 1.807) is 0 Å². The minimum Gasteiger partial charge on any atom is -0.299 e. The molecule has 5 heteroatoms. The molecule has 0 heterocycles. The predicted molar refractivity (Wildman–Crippen MR) is 58.4 cm³/mol. The van der Waals surface area contributed by atoms with Crippen molar-refractivity contribution in [3.8, 4) is 0 Å². The number of hydrogen-bond donors (Lipinski definition) is 1. The molecule has 0 aliphatic heterocycles. The first kappa shape index (κ1) is 13.1. The highest BCUT2D eigenvalue weighted by molar-refractivity contribution is 6.30. The maximum Gasteiger partial charge on any atom is 0.407 e. The third-order valence-corrected chi connectivity index (χ3v) is 2.25. The van der Waals surface area contributed by atoms with Crippen molar-refractivity contribution in [2.45, 2.75) is 12.2 Å². The summed E-state index contributed by atoms with van der Waals surface area (Å²) in [6, 6.07) is 3.90. The Bertz CT molecular complexity index is 345. The lowest BCUT2D eigenvalue weighted by Crippen LogP contribution is -2.34. The van der Waals surface area contributed by atoms with Crippen LogP contribution in [0.15, 0.2) is 36.9 Å². The van der Waals surface area contributed by atoms with E-state index in [0.717, 1.165) is 0 Å². The van der Waals surface area contributed by atoms with Gasteiger partial charge in [-0.05, 0) is 17.7 Å². The third kappa shape index (κ3) is 3.54. The Kier molecular flexibility index (Phi) is 4.38. The van der Waals surface area contributed by atoms with Gasteiger partial charge in [-0.2, -0.15) is 13.2 Å². The standard InChI is InChI=1S/C11H11ClF3N/c1-2-7-16-10(11(13,14)15)8-3-5-9(12)6-4-8/h2-6,10,16H,1,7H2. The molecule has 1 unspecified atom stereocenters. The molecular weight excluding hydrogens is 239 g/mol. The van der Waals surface area contributed by atoms with Crippen LogP contribution in [0.3, 0.4) is 0 Å². The molecule has 0 aliphatic rings. The molecule has 0 radical (unpaired) electrons. The van der Waals surface area contributed by atoms with E-state index in [2.05, 4.69) is 11.9 Å². The van der Waals surface area contributed by atoms with E-state index in [1.165, 1.54) is 30.3 Å². The molecule has 1 aromatic rings. The highest BCUT2D eigenvalue weighted by Gasteiger charge is 2.40. The molecule has 1 N–H and O–H groups in total. The first-order valence-electron chi connectivity index (χ1n) is 4.61. The van der Waals surface area contributed by atoms with E-state index in [0.29, 0.717) is 5.02 Å². The summed E-state index contributed by atoms with van der Waals surface area (Å²) in [4.78, 5) is 0. The topological polar surface area (TPSA) is 12.0 Å². The van der Waals surface area contributed by atoms with Gasteiger partial charge in [0, 0.05) is 11.6 Å². The summed E-state index contributed by atoms with van der Waals surface area (Å²) in [6.45, 7) is 3.46. The fourth-order valence-electron chi connectivity index (χ4n) is 1.28. The Morgan fingerprint density at radius 2 is 1.88 bits per heavy atom. The molecule has 1 atom stereocenters. The van der Waals surface area contributed by atoms with Crippen molar-refractivity contribution in [1.29, 1.82) is 0 Å². The second-order valence-electron chi connectivity index (χ2n) is 3.22. The SMILES string of the molecule is C=CCNC(c1ccc(Cl)cc1)C(F)(F)F. The number of alkyl halides is 3. The number of benzene rings is 1. The van der Waals surface area contributed by atoms with Gasteiger partial charge in [0.05, 0.1) is 0 Å². The highest BCUT2D eigenvalue weighted by Crippen LogP contribution is 2.32. The summed E-state index contributed by atoms with van der Waals surface area (Å²) in [6.07, 6.45) is -2.95. The van der Waals surface area contributed by atoms with Crippen LogP contribution >= 0.6 is 11.6 Å². The van der Waals surface area contributed by atoms with Crippen LogP contribution in [0.25, 0.3) is 0 Å². The minimum atomic E-state index is -4.34. The van der Waals surface area contributed by atoms with Crippen molar-refractivity contribution < 1.29 is 13.2 Å². The molecule has 0 aromatic heterocycles. The van der Waals surface area contributed by atoms with Gasteiger partial charge in [0.15, 0.2) is 0 Å². The van der Waals surface area contributed by atoms with E-state index in [-0.39, 0.29) is 12.1 Å². The lowest BCUT2D eigenvalue weighted by atomic mass is 10.1. The molecule has 0 saturated carbocycles. The molecule has 0 fully saturated rings. The molecule has 88 valence electrons. The van der Waals surface area contributed by atoms with Gasteiger partial charge in [-0.3, -0.25) is 5.32 Å². The van der Waals surface area contributed by atoms with Crippen LogP contribution in [-0.4, -0.2) is 12.7 Å². The maximum absolute atomic E-state index is 12.7. The van der Waals surface area contributed by atoms with Gasteiger partial charge in [0.1, 0.15) is 6.04 Å². The molecule has 1 aromatic carbocycles. The summed E-state index contributed by atoms with van der Waals surface area (Å²) < 4.78 is 38.1. The van der Waals surface area contributed by atoms with Gasteiger partial charge in [-0.1, -0.05) is 29.8 Å². The first-order valence-corrected chi connectivity index (χ1v) is 4.99. The van der Waals surface area contributed by atoms with E-state index < -0.39 is 12.2 Å². The van der Waals surface area contributed by atoms with Crippen molar-refractivity contribution in [3.05, 3.63) is 47.5 Å². The normalized spacial score (nSPS) is 13.5. The van der Waals surface area contributed by atoms with Crippen molar-refractivity contribution in [1.82, 2.24) is 5.32 Å². The zero-order chi connectivity index (χ0) is 12.2. The van der Waals surface area contributed by atoms with Crippen molar-refractivity contribution in [3.63, 3.8) is 0 Å². The van der Waals surface area contributed by atoms with Crippen LogP contribution in [0, 0.1) is 0 Å². The van der Waals surface area contributed by atoms with Crippen molar-refractivity contribution in [2.24, 2.45) is 0 Å². The number of rotatable bonds is 4. The van der Waals surface area contributed by atoms with Crippen molar-refractivity contribution in [2.75, 3.05) is 6.54 Å². The largest absolute Gasteiger partial charge is 0.407 e. The van der Waals surface area contributed by atoms with Gasteiger partial charge >= 0.3 is 6.18 Å². The Hall–Kier alpha value is -1.00. The van der Waals surface area contributed by atoms with E-state index in [4.69, 9.17) is 11.6 Å². The molecule has 0 aliphatic carbocycles. The van der Waals surface area contributed by atoms with Crippen LogP contribution in [0.4, 0.5) is 13.2 Å². The monoisotopic (exact) mass is 249 g/mol. The predicted octanol–water partition coefficient (Wildman–Crippen LogP) is 3.72. The summed E-state index contributed by atoms with van der Waals surface area (Å²) in [5, 5.41) is 2.77. The summed E-state index contributed by atoms with van der Waals surface area (Å²) in [5.41, 5.74) is 0.138. The average Bonchev–Trinajstić information content (AvgIpc) is 2.19. The van der Waals surface area contributed by atoms with Crippen LogP contribution in [0.2, 0.25) is 5.02 Å². The molecule has 0 spiro atoms. The molecule has 0 amide bonds. The van der Waals surface area contributed by atoms with E-state index in [9.17, 15) is 13.2 Å². The Morgan fingerprint density at radius 1 is 1.31 bits per heavy atom. The molecular formula is C11H11ClF3N. The number of nitrogens with one attached hydrogen (secondary N) is 1. The lowest BCUT2D eigenvalue weighted by molar-refractivity contribution is -0.157. The average molecular weight is 250 g/mol. The summed E-state index contributed by atoms with van der Waals surface area (Å²) in [7, 11) is 0. The number of halogens is 4. The molecule has 16 heavy (non-hydrogen) atoms. The van der Waals surface area contributed by atoms with Gasteiger partial charge < -0.3 is 0 Å². The van der Waals surface area contributed by atoms with Crippen LogP contribution in [0.1, 0.15) is 11.6 Å². The van der Waals surface area contributed by atoms with E-state index in [1.807, 2.05) is 0 Å². The van der Waals surface area contributed by atoms with Gasteiger partial charge in [-0.25, -0.2) is 0 Å². The zero-order valence-electron chi connectivity index (χ0n) is 8.39. The summed E-state index contributed by atoms with van der Waals surface area (Å²) in [5.74, 6) is 0. The molecule has 0 saturated heterocycles. The molecule has 0 bridgehead atoms. The smallest absolute Gasteiger partial charge is 0.299 e.